The fourth-order valence-corrected chi connectivity index (χ4v) is 4.04. The molecular formula is C13H26N2O2S. The quantitative estimate of drug-likeness (QED) is 0.749. The van der Waals surface area contributed by atoms with Crippen LogP contribution in [0.4, 0.5) is 0 Å². The summed E-state index contributed by atoms with van der Waals surface area (Å²) in [5, 5.41) is 3.47. The van der Waals surface area contributed by atoms with Crippen molar-refractivity contribution in [2.75, 3.05) is 19.3 Å². The summed E-state index contributed by atoms with van der Waals surface area (Å²) in [6.07, 6.45) is 12.2. The highest BCUT2D eigenvalue weighted by Gasteiger charge is 2.37. The molecule has 0 unspecified atom stereocenters. The summed E-state index contributed by atoms with van der Waals surface area (Å²) in [7, 11) is -3.04. The number of hydrogen-bond acceptors (Lipinski definition) is 3. The first-order chi connectivity index (χ1) is 8.49. The standard InChI is InChI=1S/C13H26N2O2S/c1-18(16,17)15-11-10-14-12-4-8-13(9-5-12)6-2-3-7-13/h12,14-15H,2-11H2,1H3. The van der Waals surface area contributed by atoms with E-state index < -0.39 is 10.0 Å². The highest BCUT2D eigenvalue weighted by Crippen LogP contribution is 2.48. The summed E-state index contributed by atoms with van der Waals surface area (Å²) < 4.78 is 24.3. The maximum atomic E-state index is 10.9. The van der Waals surface area contributed by atoms with Gasteiger partial charge in [-0.1, -0.05) is 12.8 Å². The monoisotopic (exact) mass is 274 g/mol. The SMILES string of the molecule is CS(=O)(=O)NCCNC1CCC2(CCCC2)CC1. The molecule has 2 aliphatic carbocycles. The third kappa shape index (κ3) is 4.21. The second kappa shape index (κ2) is 5.88. The minimum atomic E-state index is -3.04. The van der Waals surface area contributed by atoms with Crippen molar-refractivity contribution in [3.63, 3.8) is 0 Å². The van der Waals surface area contributed by atoms with E-state index in [4.69, 9.17) is 0 Å². The Morgan fingerprint density at radius 1 is 1.06 bits per heavy atom. The van der Waals surface area contributed by atoms with Crippen LogP contribution < -0.4 is 10.0 Å². The summed E-state index contributed by atoms with van der Waals surface area (Å²) in [5.74, 6) is 0. The molecule has 0 heterocycles. The van der Waals surface area contributed by atoms with Gasteiger partial charge in [0.05, 0.1) is 6.26 Å². The van der Waals surface area contributed by atoms with Crippen molar-refractivity contribution in [3.8, 4) is 0 Å². The van der Waals surface area contributed by atoms with Crippen molar-refractivity contribution in [2.45, 2.75) is 57.4 Å². The lowest BCUT2D eigenvalue weighted by Gasteiger charge is -2.37. The van der Waals surface area contributed by atoms with Crippen molar-refractivity contribution in [1.29, 1.82) is 0 Å². The van der Waals surface area contributed by atoms with Gasteiger partial charge in [-0.15, -0.1) is 0 Å². The van der Waals surface area contributed by atoms with E-state index in [0.29, 0.717) is 18.0 Å². The molecule has 0 aromatic heterocycles. The number of rotatable bonds is 5. The van der Waals surface area contributed by atoms with Crippen LogP contribution in [0.15, 0.2) is 0 Å². The lowest BCUT2D eigenvalue weighted by molar-refractivity contribution is 0.169. The maximum absolute atomic E-state index is 10.9. The van der Waals surface area contributed by atoms with E-state index >= 15 is 0 Å². The minimum Gasteiger partial charge on any atom is -0.313 e. The smallest absolute Gasteiger partial charge is 0.208 e. The summed E-state index contributed by atoms with van der Waals surface area (Å²) in [4.78, 5) is 0. The van der Waals surface area contributed by atoms with Crippen LogP contribution in [0.25, 0.3) is 0 Å². The van der Waals surface area contributed by atoms with Gasteiger partial charge in [0.1, 0.15) is 0 Å². The Bertz CT molecular complexity index is 351. The van der Waals surface area contributed by atoms with E-state index in [1.54, 1.807) is 0 Å². The molecule has 5 heteroatoms. The molecule has 106 valence electrons. The van der Waals surface area contributed by atoms with E-state index in [1.165, 1.54) is 57.6 Å². The average Bonchev–Trinajstić information content (AvgIpc) is 2.75. The summed E-state index contributed by atoms with van der Waals surface area (Å²) >= 11 is 0. The van der Waals surface area contributed by atoms with Gasteiger partial charge >= 0.3 is 0 Å². The van der Waals surface area contributed by atoms with E-state index in [-0.39, 0.29) is 0 Å². The molecule has 2 saturated carbocycles. The molecule has 0 saturated heterocycles. The number of sulfonamides is 1. The predicted octanol–water partition coefficient (Wildman–Crippen LogP) is 1.63. The van der Waals surface area contributed by atoms with Crippen LogP contribution in [-0.2, 0) is 10.0 Å². The predicted molar refractivity (Wildman–Crippen MR) is 74.0 cm³/mol. The van der Waals surface area contributed by atoms with Crippen LogP contribution in [0.5, 0.6) is 0 Å². The van der Waals surface area contributed by atoms with Gasteiger partial charge in [0, 0.05) is 19.1 Å². The van der Waals surface area contributed by atoms with Gasteiger partial charge < -0.3 is 5.32 Å². The molecule has 0 radical (unpaired) electrons. The molecule has 0 aromatic rings. The summed E-state index contributed by atoms with van der Waals surface area (Å²) in [5.41, 5.74) is 0.684. The largest absolute Gasteiger partial charge is 0.313 e. The molecule has 4 nitrogen and oxygen atoms in total. The van der Waals surface area contributed by atoms with Crippen molar-refractivity contribution < 1.29 is 8.42 Å². The van der Waals surface area contributed by atoms with Crippen LogP contribution in [0.3, 0.4) is 0 Å². The van der Waals surface area contributed by atoms with Crippen molar-refractivity contribution in [2.24, 2.45) is 5.41 Å². The van der Waals surface area contributed by atoms with E-state index in [9.17, 15) is 8.42 Å². The first-order valence-corrected chi connectivity index (χ1v) is 9.06. The normalized spacial score (nSPS) is 24.7. The average molecular weight is 274 g/mol. The van der Waals surface area contributed by atoms with E-state index in [0.717, 1.165) is 6.54 Å². The zero-order chi connectivity index (χ0) is 13.1. The van der Waals surface area contributed by atoms with Crippen molar-refractivity contribution in [3.05, 3.63) is 0 Å². The molecule has 0 atom stereocenters. The number of hydrogen-bond donors (Lipinski definition) is 2. The van der Waals surface area contributed by atoms with Gasteiger partial charge in [0.2, 0.25) is 10.0 Å². The molecular weight excluding hydrogens is 248 g/mol. The molecule has 1 spiro atoms. The third-order valence-corrected chi connectivity index (χ3v) is 5.36. The van der Waals surface area contributed by atoms with Crippen LogP contribution in [-0.4, -0.2) is 33.8 Å². The van der Waals surface area contributed by atoms with Crippen LogP contribution >= 0.6 is 0 Å². The van der Waals surface area contributed by atoms with Gasteiger partial charge in [-0.2, -0.15) is 0 Å². The topological polar surface area (TPSA) is 58.2 Å². The molecule has 0 aromatic carbocycles. The second-order valence-electron chi connectivity index (χ2n) is 6.10. The Hall–Kier alpha value is -0.130. The minimum absolute atomic E-state index is 0.500. The lowest BCUT2D eigenvalue weighted by Crippen LogP contribution is -2.40. The van der Waals surface area contributed by atoms with Gasteiger partial charge in [0.25, 0.3) is 0 Å². The van der Waals surface area contributed by atoms with Gasteiger partial charge in [-0.3, -0.25) is 0 Å². The molecule has 2 N–H and O–H groups in total. The molecule has 2 rings (SSSR count). The highest BCUT2D eigenvalue weighted by molar-refractivity contribution is 7.88. The zero-order valence-electron chi connectivity index (χ0n) is 11.4. The Kier molecular flexibility index (Phi) is 4.67. The number of nitrogens with one attached hydrogen (secondary N) is 2. The molecule has 0 bridgehead atoms. The van der Waals surface area contributed by atoms with Gasteiger partial charge in [-0.25, -0.2) is 13.1 Å². The first-order valence-electron chi connectivity index (χ1n) is 7.17. The van der Waals surface area contributed by atoms with Crippen LogP contribution in [0.2, 0.25) is 0 Å². The van der Waals surface area contributed by atoms with Gasteiger partial charge in [0.15, 0.2) is 0 Å². The molecule has 2 aliphatic rings. The van der Waals surface area contributed by atoms with Gasteiger partial charge in [-0.05, 0) is 43.9 Å². The van der Waals surface area contributed by atoms with E-state index in [2.05, 4.69) is 10.0 Å². The third-order valence-electron chi connectivity index (χ3n) is 4.63. The van der Waals surface area contributed by atoms with Crippen molar-refractivity contribution >= 4 is 10.0 Å². The lowest BCUT2D eigenvalue weighted by atomic mass is 9.71. The molecule has 18 heavy (non-hydrogen) atoms. The maximum Gasteiger partial charge on any atom is 0.208 e. The zero-order valence-corrected chi connectivity index (χ0v) is 12.2. The second-order valence-corrected chi connectivity index (χ2v) is 7.94. The van der Waals surface area contributed by atoms with Crippen LogP contribution in [0.1, 0.15) is 51.4 Å². The van der Waals surface area contributed by atoms with E-state index in [1.807, 2.05) is 0 Å². The molecule has 0 aliphatic heterocycles. The molecule has 2 fully saturated rings. The summed E-state index contributed by atoms with van der Waals surface area (Å²) in [6, 6.07) is 0.595. The fraction of sp³-hybridized carbons (Fsp3) is 1.00. The van der Waals surface area contributed by atoms with Crippen LogP contribution in [0, 0.1) is 5.41 Å². The highest BCUT2D eigenvalue weighted by atomic mass is 32.2. The Labute approximate surface area is 111 Å². The Balaban J connectivity index is 1.62. The fourth-order valence-electron chi connectivity index (χ4n) is 3.57. The summed E-state index contributed by atoms with van der Waals surface area (Å²) in [6.45, 7) is 1.24. The Morgan fingerprint density at radius 2 is 1.67 bits per heavy atom. The molecule has 0 amide bonds. The Morgan fingerprint density at radius 3 is 2.22 bits per heavy atom. The first kappa shape index (κ1) is 14.3. The van der Waals surface area contributed by atoms with Crippen molar-refractivity contribution in [1.82, 2.24) is 10.0 Å².